The lowest BCUT2D eigenvalue weighted by molar-refractivity contribution is 0.153. The number of nitrogens with zero attached hydrogens (tertiary/aromatic N) is 3. The molecule has 0 spiro atoms. The first-order valence-electron chi connectivity index (χ1n) is 10.4. The van der Waals surface area contributed by atoms with Crippen LogP contribution in [0.3, 0.4) is 0 Å². The third kappa shape index (κ3) is 7.02. The van der Waals surface area contributed by atoms with E-state index in [1.54, 1.807) is 14.2 Å². The summed E-state index contributed by atoms with van der Waals surface area (Å²) >= 11 is 0. The molecule has 30 heavy (non-hydrogen) atoms. The van der Waals surface area contributed by atoms with Crippen molar-refractivity contribution in [2.24, 2.45) is 4.99 Å². The van der Waals surface area contributed by atoms with E-state index in [1.165, 1.54) is 5.57 Å². The van der Waals surface area contributed by atoms with Crippen LogP contribution in [0.15, 0.2) is 34.8 Å². The lowest BCUT2D eigenvalue weighted by Gasteiger charge is -2.36. The van der Waals surface area contributed by atoms with E-state index in [1.807, 2.05) is 19.2 Å². The summed E-state index contributed by atoms with van der Waals surface area (Å²) in [7, 11) is 5.28. The molecule has 2 aliphatic rings. The standard InChI is InChI=1S/C22H34N4O3.HI/c1-23-22(24-9-6-18-7-14-29-15-8-18)26-12-10-25(11-13-26)17-19-16-20(27-2)4-5-21(19)28-3;/h4-5,7,16H,6,8-15,17H2,1-3H3,(H,23,24);1H. The normalized spacial score (nSPS) is 17.8. The molecule has 0 amide bonds. The number of rotatable bonds is 7. The average Bonchev–Trinajstić information content (AvgIpc) is 2.78. The molecule has 0 unspecified atom stereocenters. The molecule has 1 N–H and O–H groups in total. The molecular formula is C22H35IN4O3. The van der Waals surface area contributed by atoms with E-state index in [4.69, 9.17) is 14.2 Å². The molecule has 1 aromatic carbocycles. The number of benzene rings is 1. The van der Waals surface area contributed by atoms with Crippen LogP contribution in [0.5, 0.6) is 11.5 Å². The van der Waals surface area contributed by atoms with Gasteiger partial charge in [-0.1, -0.05) is 11.6 Å². The summed E-state index contributed by atoms with van der Waals surface area (Å²) in [6.45, 7) is 7.28. The number of hydrogen-bond acceptors (Lipinski definition) is 5. The first kappa shape index (κ1) is 24.7. The molecule has 0 aromatic heterocycles. The van der Waals surface area contributed by atoms with Gasteiger partial charge in [-0.25, -0.2) is 0 Å². The second-order valence-corrected chi connectivity index (χ2v) is 7.35. The minimum atomic E-state index is 0. The lowest BCUT2D eigenvalue weighted by atomic mass is 10.1. The third-order valence-corrected chi connectivity index (χ3v) is 5.55. The Labute approximate surface area is 197 Å². The molecular weight excluding hydrogens is 495 g/mol. The smallest absolute Gasteiger partial charge is 0.193 e. The van der Waals surface area contributed by atoms with Crippen molar-refractivity contribution in [3.8, 4) is 11.5 Å². The fourth-order valence-corrected chi connectivity index (χ4v) is 3.82. The number of halogens is 1. The molecule has 7 nitrogen and oxygen atoms in total. The fraction of sp³-hybridized carbons (Fsp3) is 0.591. The molecule has 2 aliphatic heterocycles. The number of hydrogen-bond donors (Lipinski definition) is 1. The highest BCUT2D eigenvalue weighted by Crippen LogP contribution is 2.25. The summed E-state index contributed by atoms with van der Waals surface area (Å²) in [5.41, 5.74) is 2.64. The number of aliphatic imine (C=N–C) groups is 1. The van der Waals surface area contributed by atoms with E-state index < -0.39 is 0 Å². The van der Waals surface area contributed by atoms with Gasteiger partial charge in [-0.3, -0.25) is 9.89 Å². The van der Waals surface area contributed by atoms with Gasteiger partial charge in [-0.15, -0.1) is 24.0 Å². The zero-order valence-electron chi connectivity index (χ0n) is 18.4. The van der Waals surface area contributed by atoms with Gasteiger partial charge < -0.3 is 24.4 Å². The van der Waals surface area contributed by atoms with Crippen molar-refractivity contribution in [2.75, 3.05) is 67.2 Å². The Morgan fingerprint density at radius 2 is 1.97 bits per heavy atom. The Balaban J connectivity index is 0.00000320. The Morgan fingerprint density at radius 1 is 1.17 bits per heavy atom. The number of piperazine rings is 1. The molecule has 168 valence electrons. The van der Waals surface area contributed by atoms with Crippen LogP contribution in [0.2, 0.25) is 0 Å². The van der Waals surface area contributed by atoms with E-state index in [-0.39, 0.29) is 24.0 Å². The van der Waals surface area contributed by atoms with Crippen LogP contribution in [0, 0.1) is 0 Å². The first-order valence-corrected chi connectivity index (χ1v) is 10.4. The minimum absolute atomic E-state index is 0. The van der Waals surface area contributed by atoms with Gasteiger partial charge in [0.15, 0.2) is 5.96 Å². The maximum absolute atomic E-state index is 5.52. The quantitative estimate of drug-likeness (QED) is 0.253. The largest absolute Gasteiger partial charge is 0.497 e. The van der Waals surface area contributed by atoms with Crippen molar-refractivity contribution < 1.29 is 14.2 Å². The Kier molecular flexibility index (Phi) is 10.7. The second kappa shape index (κ2) is 13.0. The second-order valence-electron chi connectivity index (χ2n) is 7.35. The van der Waals surface area contributed by atoms with E-state index in [0.717, 1.165) is 88.3 Å². The molecule has 8 heteroatoms. The van der Waals surface area contributed by atoms with Gasteiger partial charge >= 0.3 is 0 Å². The van der Waals surface area contributed by atoms with Gasteiger partial charge in [0.25, 0.3) is 0 Å². The summed E-state index contributed by atoms with van der Waals surface area (Å²) in [4.78, 5) is 9.28. The van der Waals surface area contributed by atoms with Crippen molar-refractivity contribution in [1.82, 2.24) is 15.1 Å². The van der Waals surface area contributed by atoms with Crippen LogP contribution in [-0.2, 0) is 11.3 Å². The zero-order chi connectivity index (χ0) is 20.5. The molecule has 1 aromatic rings. The zero-order valence-corrected chi connectivity index (χ0v) is 20.7. The summed E-state index contributed by atoms with van der Waals surface area (Å²) in [6, 6.07) is 5.98. The Hall–Kier alpha value is -1.52. The predicted octanol–water partition coefficient (Wildman–Crippen LogP) is 2.75. The highest BCUT2D eigenvalue weighted by Gasteiger charge is 2.21. The molecule has 1 fully saturated rings. The van der Waals surface area contributed by atoms with Crippen LogP contribution >= 0.6 is 24.0 Å². The summed E-state index contributed by atoms with van der Waals surface area (Å²) in [6.07, 6.45) is 4.31. The third-order valence-electron chi connectivity index (χ3n) is 5.55. The highest BCUT2D eigenvalue weighted by atomic mass is 127. The SMILES string of the molecule is CN=C(NCCC1=CCOCC1)N1CCN(Cc2cc(OC)ccc2OC)CC1.I. The first-order chi connectivity index (χ1) is 14.2. The molecule has 0 radical (unpaired) electrons. The van der Waals surface area contributed by atoms with Crippen LogP contribution in [0.1, 0.15) is 18.4 Å². The summed E-state index contributed by atoms with van der Waals surface area (Å²) < 4.78 is 16.3. The van der Waals surface area contributed by atoms with Crippen molar-refractivity contribution >= 4 is 29.9 Å². The fourth-order valence-electron chi connectivity index (χ4n) is 3.82. The number of nitrogens with one attached hydrogen (secondary N) is 1. The van der Waals surface area contributed by atoms with E-state index in [9.17, 15) is 0 Å². The van der Waals surface area contributed by atoms with Gasteiger partial charge in [0.1, 0.15) is 11.5 Å². The average molecular weight is 530 g/mol. The molecule has 0 saturated carbocycles. The van der Waals surface area contributed by atoms with E-state index in [0.29, 0.717) is 0 Å². The maximum Gasteiger partial charge on any atom is 0.193 e. The molecule has 2 heterocycles. The number of guanidine groups is 1. The van der Waals surface area contributed by atoms with Gasteiger partial charge in [-0.2, -0.15) is 0 Å². The monoisotopic (exact) mass is 530 g/mol. The van der Waals surface area contributed by atoms with Crippen LogP contribution in [-0.4, -0.2) is 83.0 Å². The highest BCUT2D eigenvalue weighted by molar-refractivity contribution is 14.0. The lowest BCUT2D eigenvalue weighted by Crippen LogP contribution is -2.52. The van der Waals surface area contributed by atoms with E-state index >= 15 is 0 Å². The van der Waals surface area contributed by atoms with Crippen LogP contribution in [0.4, 0.5) is 0 Å². The number of methoxy groups -OCH3 is 2. The predicted molar refractivity (Wildman–Crippen MR) is 131 cm³/mol. The van der Waals surface area contributed by atoms with Crippen molar-refractivity contribution in [1.29, 1.82) is 0 Å². The van der Waals surface area contributed by atoms with Gasteiger partial charge in [0.2, 0.25) is 0 Å². The summed E-state index contributed by atoms with van der Waals surface area (Å²) in [5, 5.41) is 3.52. The van der Waals surface area contributed by atoms with Crippen LogP contribution in [0.25, 0.3) is 0 Å². The van der Waals surface area contributed by atoms with Crippen molar-refractivity contribution in [3.05, 3.63) is 35.4 Å². The molecule has 0 atom stereocenters. The maximum atomic E-state index is 5.52. The molecule has 0 bridgehead atoms. The van der Waals surface area contributed by atoms with Gasteiger partial charge in [0.05, 0.1) is 27.4 Å². The van der Waals surface area contributed by atoms with Gasteiger partial charge in [0, 0.05) is 51.9 Å². The van der Waals surface area contributed by atoms with Crippen molar-refractivity contribution in [3.63, 3.8) is 0 Å². The number of ether oxygens (including phenoxy) is 3. The Bertz CT molecular complexity index is 718. The van der Waals surface area contributed by atoms with Gasteiger partial charge in [-0.05, 0) is 31.0 Å². The minimum Gasteiger partial charge on any atom is -0.497 e. The molecule has 0 aliphatic carbocycles. The summed E-state index contributed by atoms with van der Waals surface area (Å²) in [5.74, 6) is 2.77. The Morgan fingerprint density at radius 3 is 2.60 bits per heavy atom. The molecule has 3 rings (SSSR count). The topological polar surface area (TPSA) is 58.6 Å². The molecule has 1 saturated heterocycles. The van der Waals surface area contributed by atoms with Crippen molar-refractivity contribution in [2.45, 2.75) is 19.4 Å². The van der Waals surface area contributed by atoms with E-state index in [2.05, 4.69) is 32.3 Å². The van der Waals surface area contributed by atoms with Crippen LogP contribution < -0.4 is 14.8 Å².